The van der Waals surface area contributed by atoms with Crippen molar-refractivity contribution in [2.24, 2.45) is 5.92 Å². The van der Waals surface area contributed by atoms with Gasteiger partial charge in [0.15, 0.2) is 0 Å². The molecule has 6 heteroatoms. The molecule has 0 spiro atoms. The van der Waals surface area contributed by atoms with Crippen molar-refractivity contribution >= 4 is 21.6 Å². The molecule has 4 nitrogen and oxygen atoms in total. The average molecular weight is 256 g/mol. The molecule has 0 saturated carbocycles. The van der Waals surface area contributed by atoms with Gasteiger partial charge in [-0.2, -0.15) is 0 Å². The van der Waals surface area contributed by atoms with Crippen molar-refractivity contribution in [3.8, 4) is 0 Å². The Morgan fingerprint density at radius 3 is 2.80 bits per heavy atom. The summed E-state index contributed by atoms with van der Waals surface area (Å²) in [7, 11) is -1.56. The average Bonchev–Trinajstić information content (AvgIpc) is 2.19. The number of alkyl halides is 1. The van der Waals surface area contributed by atoms with Crippen LogP contribution in [-0.4, -0.2) is 51.2 Å². The first-order chi connectivity index (χ1) is 7.06. The van der Waals surface area contributed by atoms with Gasteiger partial charge in [0.25, 0.3) is 0 Å². The van der Waals surface area contributed by atoms with E-state index in [2.05, 4.69) is 0 Å². The van der Waals surface area contributed by atoms with Gasteiger partial charge in [-0.1, -0.05) is 0 Å². The summed E-state index contributed by atoms with van der Waals surface area (Å²) in [5.41, 5.74) is 0. The molecule has 1 heterocycles. The first kappa shape index (κ1) is 13.2. The molecule has 0 radical (unpaired) electrons. The number of halogens is 1. The van der Waals surface area contributed by atoms with Crippen LogP contribution in [0.2, 0.25) is 0 Å². The molecule has 0 aromatic heterocycles. The highest BCUT2D eigenvalue weighted by Gasteiger charge is 2.22. The fraction of sp³-hybridized carbons (Fsp3) is 1.00. The maximum atomic E-state index is 11.6. The Kier molecular flexibility index (Phi) is 5.32. The zero-order valence-electron chi connectivity index (χ0n) is 8.99. The minimum absolute atomic E-state index is 0.0125. The Morgan fingerprint density at radius 1 is 1.53 bits per heavy atom. The lowest BCUT2D eigenvalue weighted by molar-refractivity contribution is 0.0495. The number of nitrogens with zero attached hydrogens (tertiary/aromatic N) is 1. The quantitative estimate of drug-likeness (QED) is 0.687. The summed E-state index contributed by atoms with van der Waals surface area (Å²) < 4.78 is 29.9. The second-order valence-corrected chi connectivity index (χ2v) is 6.44. The van der Waals surface area contributed by atoms with E-state index in [0.717, 1.165) is 19.4 Å². The van der Waals surface area contributed by atoms with Crippen molar-refractivity contribution in [2.45, 2.75) is 12.8 Å². The van der Waals surface area contributed by atoms with Gasteiger partial charge in [-0.3, -0.25) is 0 Å². The third-order valence-electron chi connectivity index (χ3n) is 2.58. The highest BCUT2D eigenvalue weighted by atomic mass is 35.5. The van der Waals surface area contributed by atoms with Gasteiger partial charge in [-0.05, 0) is 18.8 Å². The molecular weight excluding hydrogens is 238 g/mol. The molecule has 0 amide bonds. The van der Waals surface area contributed by atoms with Gasteiger partial charge in [-0.15, -0.1) is 11.6 Å². The molecule has 0 aromatic carbocycles. The van der Waals surface area contributed by atoms with Gasteiger partial charge in [0.05, 0.1) is 12.4 Å². The van der Waals surface area contributed by atoms with Gasteiger partial charge in [0.2, 0.25) is 10.0 Å². The van der Waals surface area contributed by atoms with E-state index in [-0.39, 0.29) is 11.6 Å². The van der Waals surface area contributed by atoms with Crippen LogP contribution < -0.4 is 0 Å². The van der Waals surface area contributed by atoms with Crippen molar-refractivity contribution in [1.82, 2.24) is 4.31 Å². The van der Waals surface area contributed by atoms with Crippen LogP contribution in [-0.2, 0) is 14.8 Å². The van der Waals surface area contributed by atoms with Crippen LogP contribution in [0.1, 0.15) is 12.8 Å². The fourth-order valence-electron chi connectivity index (χ4n) is 1.68. The van der Waals surface area contributed by atoms with E-state index in [0.29, 0.717) is 19.1 Å². The van der Waals surface area contributed by atoms with E-state index >= 15 is 0 Å². The van der Waals surface area contributed by atoms with E-state index in [9.17, 15) is 8.42 Å². The molecule has 1 rings (SSSR count). The van der Waals surface area contributed by atoms with Gasteiger partial charge in [0, 0.05) is 26.1 Å². The lowest BCUT2D eigenvalue weighted by Gasteiger charge is -2.26. The smallest absolute Gasteiger partial charge is 0.215 e. The fourth-order valence-corrected chi connectivity index (χ4v) is 3.21. The van der Waals surface area contributed by atoms with E-state index in [1.807, 2.05) is 0 Å². The molecule has 90 valence electrons. The van der Waals surface area contributed by atoms with Crippen molar-refractivity contribution in [3.05, 3.63) is 0 Å². The Balaban J connectivity index is 2.43. The number of rotatable bonds is 5. The number of hydrogen-bond donors (Lipinski definition) is 0. The molecule has 0 aliphatic carbocycles. The minimum Gasteiger partial charge on any atom is -0.381 e. The third-order valence-corrected chi connectivity index (χ3v) is 4.81. The van der Waals surface area contributed by atoms with Crippen molar-refractivity contribution in [3.63, 3.8) is 0 Å². The second kappa shape index (κ2) is 6.03. The number of sulfonamides is 1. The Bertz CT molecular complexity index is 275. The van der Waals surface area contributed by atoms with Crippen molar-refractivity contribution in [1.29, 1.82) is 0 Å². The van der Waals surface area contributed by atoms with E-state index in [4.69, 9.17) is 16.3 Å². The first-order valence-corrected chi connectivity index (χ1v) is 7.28. The lowest BCUT2D eigenvalue weighted by Crippen LogP contribution is -2.36. The molecule has 1 fully saturated rings. The van der Waals surface area contributed by atoms with Crippen LogP contribution in [0.4, 0.5) is 0 Å². The summed E-state index contributed by atoms with van der Waals surface area (Å²) in [4.78, 5) is 0. The molecule has 0 aromatic rings. The van der Waals surface area contributed by atoms with Gasteiger partial charge in [-0.25, -0.2) is 12.7 Å². The third kappa shape index (κ3) is 4.26. The molecule has 1 aliphatic heterocycles. The second-order valence-electron chi connectivity index (χ2n) is 3.87. The van der Waals surface area contributed by atoms with Crippen LogP contribution in [0.15, 0.2) is 0 Å². The molecule has 15 heavy (non-hydrogen) atoms. The zero-order chi connectivity index (χ0) is 11.3. The monoisotopic (exact) mass is 255 g/mol. The van der Waals surface area contributed by atoms with Gasteiger partial charge >= 0.3 is 0 Å². The molecule has 1 saturated heterocycles. The van der Waals surface area contributed by atoms with E-state index in [1.165, 1.54) is 4.31 Å². The van der Waals surface area contributed by atoms with E-state index < -0.39 is 10.0 Å². The predicted molar refractivity (Wildman–Crippen MR) is 60.7 cm³/mol. The van der Waals surface area contributed by atoms with Crippen molar-refractivity contribution < 1.29 is 13.2 Å². The van der Waals surface area contributed by atoms with Crippen LogP contribution in [0.3, 0.4) is 0 Å². The molecule has 0 bridgehead atoms. The molecule has 1 aliphatic rings. The summed E-state index contributed by atoms with van der Waals surface area (Å²) in [5.74, 6) is 0.487. The topological polar surface area (TPSA) is 46.6 Å². The largest absolute Gasteiger partial charge is 0.381 e. The maximum Gasteiger partial charge on any atom is 0.215 e. The summed E-state index contributed by atoms with van der Waals surface area (Å²) in [6, 6.07) is 0. The number of hydrogen-bond acceptors (Lipinski definition) is 3. The van der Waals surface area contributed by atoms with Crippen molar-refractivity contribution in [2.75, 3.05) is 38.4 Å². The van der Waals surface area contributed by atoms with E-state index in [1.54, 1.807) is 7.05 Å². The molecule has 0 N–H and O–H groups in total. The molecule has 1 atom stereocenters. The van der Waals surface area contributed by atoms with Gasteiger partial charge < -0.3 is 4.74 Å². The Hall–Kier alpha value is 0.160. The summed E-state index contributed by atoms with van der Waals surface area (Å²) >= 11 is 5.44. The normalized spacial score (nSPS) is 23.3. The highest BCUT2D eigenvalue weighted by molar-refractivity contribution is 7.89. The maximum absolute atomic E-state index is 11.6. The summed E-state index contributed by atoms with van der Waals surface area (Å²) in [6.07, 6.45) is 2.06. The van der Waals surface area contributed by atoms with Crippen LogP contribution in [0.25, 0.3) is 0 Å². The predicted octanol–water partition coefficient (Wildman–Crippen LogP) is 0.913. The standard InChI is InChI=1S/C9H18ClNO3S/c1-11(15(12,13)6-4-10)7-9-3-2-5-14-8-9/h9H,2-8H2,1H3. The zero-order valence-corrected chi connectivity index (χ0v) is 10.6. The Morgan fingerprint density at radius 2 is 2.27 bits per heavy atom. The molecule has 1 unspecified atom stereocenters. The SMILES string of the molecule is CN(CC1CCCOC1)S(=O)(=O)CCCl. The summed E-state index contributed by atoms with van der Waals surface area (Å²) in [5, 5.41) is 0. The highest BCUT2D eigenvalue weighted by Crippen LogP contribution is 2.15. The minimum atomic E-state index is -3.16. The number of ether oxygens (including phenoxy) is 1. The molecular formula is C9H18ClNO3S. The van der Waals surface area contributed by atoms with Crippen LogP contribution in [0, 0.1) is 5.92 Å². The van der Waals surface area contributed by atoms with Gasteiger partial charge in [0.1, 0.15) is 0 Å². The Labute approximate surface area is 96.6 Å². The lowest BCUT2D eigenvalue weighted by atomic mass is 10.0. The van der Waals surface area contributed by atoms with Crippen LogP contribution in [0.5, 0.6) is 0 Å². The van der Waals surface area contributed by atoms with Crippen LogP contribution >= 0.6 is 11.6 Å². The summed E-state index contributed by atoms with van der Waals surface area (Å²) in [6.45, 7) is 2.01. The first-order valence-electron chi connectivity index (χ1n) is 5.14.